The molecule has 2 bridgehead atoms. The van der Waals surface area contributed by atoms with Crippen molar-refractivity contribution in [1.82, 2.24) is 9.88 Å². The number of hydrogen-bond acceptors (Lipinski definition) is 4. The summed E-state index contributed by atoms with van der Waals surface area (Å²) in [5.41, 5.74) is 8.39. The molecule has 2 saturated heterocycles. The number of aromatic nitrogens is 1. The van der Waals surface area contributed by atoms with Crippen LogP contribution in [0.15, 0.2) is 12.3 Å². The second-order valence-corrected chi connectivity index (χ2v) is 5.92. The molecular formula is C15H24N4. The van der Waals surface area contributed by atoms with Gasteiger partial charge < -0.3 is 10.6 Å². The second kappa shape index (κ2) is 5.10. The molecule has 2 atom stereocenters. The van der Waals surface area contributed by atoms with Gasteiger partial charge in [-0.2, -0.15) is 0 Å². The number of anilines is 1. The summed E-state index contributed by atoms with van der Waals surface area (Å²) in [6.07, 6.45) is 5.84. The largest absolute Gasteiger partial charge is 0.355 e. The lowest BCUT2D eigenvalue weighted by Crippen LogP contribution is -2.37. The van der Waals surface area contributed by atoms with Crippen LogP contribution in [-0.2, 0) is 6.54 Å². The third kappa shape index (κ3) is 2.23. The average Bonchev–Trinajstić information content (AvgIpc) is 2.63. The Bertz CT molecular complexity index is 459. The van der Waals surface area contributed by atoms with Crippen molar-refractivity contribution in [3.8, 4) is 0 Å². The molecular weight excluding hydrogens is 236 g/mol. The SMILES string of the molecule is Cc1ccnc(N2CCC3CCC(C2)N3C)c1CN. The average molecular weight is 260 g/mol. The van der Waals surface area contributed by atoms with Crippen LogP contribution in [0.5, 0.6) is 0 Å². The summed E-state index contributed by atoms with van der Waals surface area (Å²) in [5, 5.41) is 0. The van der Waals surface area contributed by atoms with E-state index < -0.39 is 0 Å². The van der Waals surface area contributed by atoms with Gasteiger partial charge in [-0.15, -0.1) is 0 Å². The summed E-state index contributed by atoms with van der Waals surface area (Å²) in [4.78, 5) is 9.63. The Morgan fingerprint density at radius 3 is 2.89 bits per heavy atom. The molecule has 0 spiro atoms. The Labute approximate surface area is 115 Å². The summed E-state index contributed by atoms with van der Waals surface area (Å²) >= 11 is 0. The normalized spacial score (nSPS) is 27.6. The van der Waals surface area contributed by atoms with Crippen molar-refractivity contribution in [3.63, 3.8) is 0 Å². The van der Waals surface area contributed by atoms with Crippen LogP contribution in [0.4, 0.5) is 5.82 Å². The van der Waals surface area contributed by atoms with Crippen molar-refractivity contribution >= 4 is 5.82 Å². The van der Waals surface area contributed by atoms with Gasteiger partial charge in [-0.25, -0.2) is 4.98 Å². The van der Waals surface area contributed by atoms with E-state index in [2.05, 4.69) is 34.8 Å². The number of nitrogens with two attached hydrogens (primary N) is 1. The summed E-state index contributed by atoms with van der Waals surface area (Å²) in [6, 6.07) is 3.50. The van der Waals surface area contributed by atoms with E-state index in [0.717, 1.165) is 24.9 Å². The van der Waals surface area contributed by atoms with Crippen molar-refractivity contribution in [2.24, 2.45) is 5.73 Å². The van der Waals surface area contributed by atoms with Gasteiger partial charge in [0.2, 0.25) is 0 Å². The molecule has 3 heterocycles. The van der Waals surface area contributed by atoms with E-state index in [-0.39, 0.29) is 0 Å². The molecule has 0 radical (unpaired) electrons. The van der Waals surface area contributed by atoms with E-state index in [4.69, 9.17) is 5.73 Å². The molecule has 4 heteroatoms. The van der Waals surface area contributed by atoms with E-state index in [1.165, 1.54) is 30.4 Å². The Balaban J connectivity index is 1.89. The van der Waals surface area contributed by atoms with Gasteiger partial charge in [0.1, 0.15) is 5.82 Å². The molecule has 2 N–H and O–H groups in total. The van der Waals surface area contributed by atoms with Crippen molar-refractivity contribution in [3.05, 3.63) is 23.4 Å². The topological polar surface area (TPSA) is 45.4 Å². The Hall–Kier alpha value is -1.13. The first-order valence-electron chi connectivity index (χ1n) is 7.32. The number of hydrogen-bond donors (Lipinski definition) is 1. The number of nitrogens with zero attached hydrogens (tertiary/aromatic N) is 3. The number of fused-ring (bicyclic) bond motifs is 2. The zero-order valence-corrected chi connectivity index (χ0v) is 12.0. The fourth-order valence-electron chi connectivity index (χ4n) is 3.60. The molecule has 2 aliphatic rings. The first-order valence-corrected chi connectivity index (χ1v) is 7.32. The number of aryl methyl sites for hydroxylation is 1. The van der Waals surface area contributed by atoms with Crippen LogP contribution < -0.4 is 10.6 Å². The minimum atomic E-state index is 0.579. The van der Waals surface area contributed by atoms with E-state index in [1.54, 1.807) is 0 Å². The fraction of sp³-hybridized carbons (Fsp3) is 0.667. The van der Waals surface area contributed by atoms with E-state index >= 15 is 0 Å². The van der Waals surface area contributed by atoms with Crippen LogP contribution in [0.3, 0.4) is 0 Å². The van der Waals surface area contributed by atoms with Crippen LogP contribution in [0.1, 0.15) is 30.4 Å². The lowest BCUT2D eigenvalue weighted by atomic mass is 10.1. The maximum Gasteiger partial charge on any atom is 0.133 e. The van der Waals surface area contributed by atoms with Crippen LogP contribution in [0.2, 0.25) is 0 Å². The van der Waals surface area contributed by atoms with Gasteiger partial charge in [-0.05, 0) is 44.9 Å². The lowest BCUT2D eigenvalue weighted by molar-refractivity contribution is 0.254. The van der Waals surface area contributed by atoms with Crippen molar-refractivity contribution < 1.29 is 0 Å². The summed E-state index contributed by atoms with van der Waals surface area (Å²) in [7, 11) is 2.28. The van der Waals surface area contributed by atoms with Gasteiger partial charge in [0.05, 0.1) is 0 Å². The monoisotopic (exact) mass is 260 g/mol. The van der Waals surface area contributed by atoms with E-state index in [1.807, 2.05) is 6.20 Å². The summed E-state index contributed by atoms with van der Waals surface area (Å²) in [5.74, 6) is 1.11. The highest BCUT2D eigenvalue weighted by molar-refractivity contribution is 5.50. The predicted molar refractivity (Wildman–Crippen MR) is 78.3 cm³/mol. The molecule has 2 unspecified atom stereocenters. The molecule has 0 saturated carbocycles. The highest BCUT2D eigenvalue weighted by Gasteiger charge is 2.35. The standard InChI is InChI=1S/C15H24N4/c1-11-5-7-17-15(14(11)9-16)19-8-6-12-3-4-13(10-19)18(12)2/h5,7,12-13H,3-4,6,8-10,16H2,1-2H3. The number of likely N-dealkylation sites (N-methyl/N-ethyl adjacent to an activating group) is 1. The Morgan fingerprint density at radius 1 is 1.32 bits per heavy atom. The molecule has 0 aromatic carbocycles. The van der Waals surface area contributed by atoms with Crippen molar-refractivity contribution in [2.75, 3.05) is 25.0 Å². The van der Waals surface area contributed by atoms with Crippen LogP contribution in [0.25, 0.3) is 0 Å². The summed E-state index contributed by atoms with van der Waals surface area (Å²) in [6.45, 7) is 4.91. The van der Waals surface area contributed by atoms with E-state index in [9.17, 15) is 0 Å². The van der Waals surface area contributed by atoms with Crippen molar-refractivity contribution in [2.45, 2.75) is 44.8 Å². The van der Waals surface area contributed by atoms with Crippen LogP contribution >= 0.6 is 0 Å². The van der Waals surface area contributed by atoms with Gasteiger partial charge in [0, 0.05) is 43.5 Å². The third-order valence-electron chi connectivity index (χ3n) is 4.92. The highest BCUT2D eigenvalue weighted by Crippen LogP contribution is 2.31. The Morgan fingerprint density at radius 2 is 2.11 bits per heavy atom. The second-order valence-electron chi connectivity index (χ2n) is 5.92. The number of pyridine rings is 1. The molecule has 104 valence electrons. The van der Waals surface area contributed by atoms with Gasteiger partial charge >= 0.3 is 0 Å². The zero-order chi connectivity index (χ0) is 13.4. The molecule has 1 aromatic rings. The van der Waals surface area contributed by atoms with Gasteiger partial charge in [-0.1, -0.05) is 0 Å². The van der Waals surface area contributed by atoms with Gasteiger partial charge in [-0.3, -0.25) is 4.90 Å². The predicted octanol–water partition coefficient (Wildman–Crippen LogP) is 1.52. The first-order chi connectivity index (χ1) is 9.20. The molecule has 4 nitrogen and oxygen atoms in total. The minimum Gasteiger partial charge on any atom is -0.355 e. The smallest absolute Gasteiger partial charge is 0.133 e. The zero-order valence-electron chi connectivity index (χ0n) is 12.0. The molecule has 3 rings (SSSR count). The van der Waals surface area contributed by atoms with E-state index in [0.29, 0.717) is 12.6 Å². The molecule has 0 amide bonds. The maximum atomic E-state index is 5.92. The van der Waals surface area contributed by atoms with Crippen LogP contribution in [0, 0.1) is 6.92 Å². The maximum absolute atomic E-state index is 5.92. The lowest BCUT2D eigenvalue weighted by Gasteiger charge is -2.28. The van der Waals surface area contributed by atoms with Crippen LogP contribution in [-0.4, -0.2) is 42.1 Å². The summed E-state index contributed by atoms with van der Waals surface area (Å²) < 4.78 is 0. The minimum absolute atomic E-state index is 0.579. The molecule has 0 aliphatic carbocycles. The molecule has 2 fully saturated rings. The molecule has 1 aromatic heterocycles. The highest BCUT2D eigenvalue weighted by atomic mass is 15.3. The molecule has 19 heavy (non-hydrogen) atoms. The third-order valence-corrected chi connectivity index (χ3v) is 4.92. The fourth-order valence-corrected chi connectivity index (χ4v) is 3.60. The molecule has 2 aliphatic heterocycles. The number of rotatable bonds is 2. The van der Waals surface area contributed by atoms with Gasteiger partial charge in [0.25, 0.3) is 0 Å². The first kappa shape index (κ1) is 12.9. The Kier molecular flexibility index (Phi) is 3.46. The van der Waals surface area contributed by atoms with Gasteiger partial charge in [0.15, 0.2) is 0 Å². The van der Waals surface area contributed by atoms with Crippen molar-refractivity contribution in [1.29, 1.82) is 0 Å². The quantitative estimate of drug-likeness (QED) is 0.876.